The molecule has 4 aliphatic carbocycles. The Labute approximate surface area is 168 Å². The molecule has 1 nitrogen and oxygen atoms in total. The summed E-state index contributed by atoms with van der Waals surface area (Å²) in [6.07, 6.45) is 17.7. The maximum atomic E-state index is 8.06. The normalized spacial score (nSPS) is 42.8. The number of rotatable bonds is 3. The van der Waals surface area contributed by atoms with Gasteiger partial charge in [-0.2, -0.15) is 0 Å². The van der Waals surface area contributed by atoms with Crippen molar-refractivity contribution in [2.45, 2.75) is 91.9 Å². The molecule has 0 aromatic carbocycles. The molecule has 0 amide bonds. The average Bonchev–Trinajstić information content (AvgIpc) is 3.06. The topological polar surface area (TPSA) is 23.9 Å². The number of allylic oxidation sites excluding steroid dienone is 3. The van der Waals surface area contributed by atoms with Gasteiger partial charge in [0.1, 0.15) is 0 Å². The van der Waals surface area contributed by atoms with Crippen LogP contribution < -0.4 is 0 Å². The molecule has 1 heteroatoms. The Bertz CT molecular complexity index is 573. The SMILES string of the molecule is C=CCC.CCC1CCC2C3C(C)CC4=CC(=N)CCC4C3CCC12CC. The molecule has 0 aliphatic heterocycles. The second-order valence-electron chi connectivity index (χ2n) is 9.92. The summed E-state index contributed by atoms with van der Waals surface area (Å²) in [4.78, 5) is 0. The van der Waals surface area contributed by atoms with E-state index in [0.717, 1.165) is 54.1 Å². The lowest BCUT2D eigenvalue weighted by atomic mass is 9.48. The zero-order chi connectivity index (χ0) is 19.6. The Balaban J connectivity index is 0.000000481. The van der Waals surface area contributed by atoms with E-state index in [9.17, 15) is 0 Å². The molecule has 0 spiro atoms. The van der Waals surface area contributed by atoms with E-state index in [1.165, 1.54) is 51.4 Å². The van der Waals surface area contributed by atoms with E-state index in [1.807, 2.05) is 6.08 Å². The summed E-state index contributed by atoms with van der Waals surface area (Å²) in [6.45, 7) is 13.0. The molecule has 1 N–H and O–H groups in total. The van der Waals surface area contributed by atoms with Crippen molar-refractivity contribution in [3.8, 4) is 0 Å². The molecule has 152 valence electrons. The smallest absolute Gasteiger partial charge is 0.0313 e. The summed E-state index contributed by atoms with van der Waals surface area (Å²) in [5, 5.41) is 8.06. The van der Waals surface area contributed by atoms with Crippen molar-refractivity contribution in [3.05, 3.63) is 24.3 Å². The first kappa shape index (κ1) is 20.9. The molecule has 4 rings (SSSR count). The van der Waals surface area contributed by atoms with Crippen LogP contribution in [0.1, 0.15) is 91.9 Å². The fourth-order valence-corrected chi connectivity index (χ4v) is 7.88. The van der Waals surface area contributed by atoms with Crippen molar-refractivity contribution in [1.82, 2.24) is 0 Å². The van der Waals surface area contributed by atoms with Crippen LogP contribution in [0, 0.1) is 46.3 Å². The monoisotopic (exact) mass is 369 g/mol. The summed E-state index contributed by atoms with van der Waals surface area (Å²) < 4.78 is 0. The molecule has 0 heterocycles. The van der Waals surface area contributed by atoms with Gasteiger partial charge in [-0.05, 0) is 105 Å². The maximum Gasteiger partial charge on any atom is 0.0313 e. The minimum absolute atomic E-state index is 0.687. The zero-order valence-corrected chi connectivity index (χ0v) is 18.4. The van der Waals surface area contributed by atoms with Crippen molar-refractivity contribution < 1.29 is 0 Å². The minimum Gasteiger partial charge on any atom is -0.305 e. The van der Waals surface area contributed by atoms with E-state index in [1.54, 1.807) is 5.57 Å². The third-order valence-corrected chi connectivity index (χ3v) is 9.01. The van der Waals surface area contributed by atoms with E-state index < -0.39 is 0 Å². The third kappa shape index (κ3) is 3.60. The van der Waals surface area contributed by atoms with Crippen molar-refractivity contribution >= 4 is 5.71 Å². The third-order valence-electron chi connectivity index (χ3n) is 9.01. The molecule has 0 radical (unpaired) electrons. The molecule has 0 saturated heterocycles. The minimum atomic E-state index is 0.687. The van der Waals surface area contributed by atoms with Gasteiger partial charge in [-0.25, -0.2) is 0 Å². The molecular weight excluding hydrogens is 326 g/mol. The van der Waals surface area contributed by atoms with Gasteiger partial charge in [-0.1, -0.05) is 45.8 Å². The quantitative estimate of drug-likeness (QED) is 0.490. The molecule has 0 aromatic heterocycles. The Hall–Kier alpha value is -0.850. The van der Waals surface area contributed by atoms with E-state index in [-0.39, 0.29) is 0 Å². The average molecular weight is 370 g/mol. The van der Waals surface area contributed by atoms with Crippen LogP contribution in [0.5, 0.6) is 0 Å². The highest BCUT2D eigenvalue weighted by Crippen LogP contribution is 2.66. The highest BCUT2D eigenvalue weighted by atomic mass is 14.6. The van der Waals surface area contributed by atoms with E-state index in [0.29, 0.717) is 5.41 Å². The molecule has 3 fully saturated rings. The lowest BCUT2D eigenvalue weighted by Crippen LogP contribution is -2.50. The van der Waals surface area contributed by atoms with Gasteiger partial charge in [0.05, 0.1) is 0 Å². The van der Waals surface area contributed by atoms with Gasteiger partial charge in [-0.15, -0.1) is 6.58 Å². The fourth-order valence-electron chi connectivity index (χ4n) is 7.88. The van der Waals surface area contributed by atoms with Gasteiger partial charge in [-0.3, -0.25) is 0 Å². The van der Waals surface area contributed by atoms with E-state index in [4.69, 9.17) is 5.41 Å². The Morgan fingerprint density at radius 1 is 1.19 bits per heavy atom. The van der Waals surface area contributed by atoms with Gasteiger partial charge in [0.15, 0.2) is 0 Å². The Kier molecular flexibility index (Phi) is 6.70. The summed E-state index contributed by atoms with van der Waals surface area (Å²) in [7, 11) is 0. The second-order valence-corrected chi connectivity index (χ2v) is 9.92. The van der Waals surface area contributed by atoms with Crippen LogP contribution in [-0.4, -0.2) is 5.71 Å². The van der Waals surface area contributed by atoms with Gasteiger partial charge in [0.2, 0.25) is 0 Å². The Morgan fingerprint density at radius 2 is 1.93 bits per heavy atom. The standard InChI is InChI=1S/C22H35N.C4H8/c1-4-16-6-9-20-21-14(3)12-15-13-17(23)7-8-18(15)19(21)10-11-22(16,20)5-2;1-3-4-2/h13-14,16,18-21,23H,4-12H2,1-3H3;3H,1,4H2,2H3. The molecular formula is C26H43N. The zero-order valence-electron chi connectivity index (χ0n) is 18.4. The van der Waals surface area contributed by atoms with Crippen LogP contribution in [0.3, 0.4) is 0 Å². The predicted octanol–water partition coefficient (Wildman–Crippen LogP) is 7.82. The summed E-state index contributed by atoms with van der Waals surface area (Å²) in [6, 6.07) is 0. The van der Waals surface area contributed by atoms with E-state index in [2.05, 4.69) is 40.3 Å². The van der Waals surface area contributed by atoms with Crippen molar-refractivity contribution in [3.63, 3.8) is 0 Å². The molecule has 7 atom stereocenters. The maximum absolute atomic E-state index is 8.06. The van der Waals surface area contributed by atoms with Crippen LogP contribution in [-0.2, 0) is 0 Å². The summed E-state index contributed by atoms with van der Waals surface area (Å²) >= 11 is 0. The Morgan fingerprint density at radius 3 is 2.56 bits per heavy atom. The van der Waals surface area contributed by atoms with E-state index >= 15 is 0 Å². The van der Waals surface area contributed by atoms with Crippen molar-refractivity contribution in [1.29, 1.82) is 5.41 Å². The van der Waals surface area contributed by atoms with Crippen LogP contribution in [0.25, 0.3) is 0 Å². The van der Waals surface area contributed by atoms with Crippen LogP contribution in [0.2, 0.25) is 0 Å². The number of fused-ring (bicyclic) bond motifs is 5. The van der Waals surface area contributed by atoms with Crippen LogP contribution >= 0.6 is 0 Å². The summed E-state index contributed by atoms with van der Waals surface area (Å²) in [5.74, 6) is 5.62. The predicted molar refractivity (Wildman–Crippen MR) is 118 cm³/mol. The van der Waals surface area contributed by atoms with Gasteiger partial charge < -0.3 is 5.41 Å². The lowest BCUT2D eigenvalue weighted by molar-refractivity contribution is -0.0574. The van der Waals surface area contributed by atoms with Gasteiger partial charge in [0.25, 0.3) is 0 Å². The molecule has 0 bridgehead atoms. The number of hydrogen-bond donors (Lipinski definition) is 1. The first-order chi connectivity index (χ1) is 13.0. The highest BCUT2D eigenvalue weighted by molar-refractivity contribution is 5.93. The largest absolute Gasteiger partial charge is 0.305 e. The lowest BCUT2D eigenvalue weighted by Gasteiger charge is -2.57. The van der Waals surface area contributed by atoms with Crippen molar-refractivity contribution in [2.24, 2.45) is 40.9 Å². The first-order valence-electron chi connectivity index (χ1n) is 11.9. The van der Waals surface area contributed by atoms with Crippen LogP contribution in [0.4, 0.5) is 0 Å². The number of hydrogen-bond acceptors (Lipinski definition) is 1. The van der Waals surface area contributed by atoms with Gasteiger partial charge in [0, 0.05) is 5.71 Å². The number of nitrogens with one attached hydrogen (secondary N) is 1. The molecule has 7 unspecified atom stereocenters. The second kappa shape index (κ2) is 8.66. The van der Waals surface area contributed by atoms with Crippen LogP contribution in [0.15, 0.2) is 24.3 Å². The molecule has 27 heavy (non-hydrogen) atoms. The van der Waals surface area contributed by atoms with Gasteiger partial charge >= 0.3 is 0 Å². The van der Waals surface area contributed by atoms with Crippen molar-refractivity contribution in [2.75, 3.05) is 0 Å². The fraction of sp³-hybridized carbons (Fsp3) is 0.808. The summed E-state index contributed by atoms with van der Waals surface area (Å²) in [5.41, 5.74) is 3.24. The highest BCUT2D eigenvalue weighted by Gasteiger charge is 2.58. The first-order valence-corrected chi connectivity index (χ1v) is 11.9. The molecule has 3 saturated carbocycles. The molecule has 4 aliphatic rings. The molecule has 0 aromatic rings.